The summed E-state index contributed by atoms with van der Waals surface area (Å²) in [5.41, 5.74) is -0.0203. The molecule has 0 radical (unpaired) electrons. The highest BCUT2D eigenvalue weighted by atomic mass is 32.2. The number of guanidine groups is 1. The first kappa shape index (κ1) is 19.2. The van der Waals surface area contributed by atoms with E-state index >= 15 is 0 Å². The number of hydrogen-bond donors (Lipinski definition) is 2. The van der Waals surface area contributed by atoms with Crippen LogP contribution in [-0.4, -0.2) is 34.5 Å². The van der Waals surface area contributed by atoms with Gasteiger partial charge in [-0.3, -0.25) is 0 Å². The third kappa shape index (κ3) is 5.72. The average molecular weight is 353 g/mol. The first-order chi connectivity index (χ1) is 11.4. The van der Waals surface area contributed by atoms with Crippen molar-refractivity contribution in [3.05, 3.63) is 17.8 Å². The smallest absolute Gasteiger partial charge is 0.216 e. The Morgan fingerprint density at radius 1 is 1.38 bits per heavy atom. The molecular formula is C18H32N4OS. The fourth-order valence-corrected chi connectivity index (χ4v) is 3.99. The van der Waals surface area contributed by atoms with Crippen LogP contribution in [-0.2, 0) is 12.0 Å². The minimum atomic E-state index is -0.0203. The lowest BCUT2D eigenvalue weighted by atomic mass is 9.94. The van der Waals surface area contributed by atoms with Gasteiger partial charge in [0.1, 0.15) is 12.3 Å². The SMILES string of the molecule is CCNC(=NCc1ncc(C(C)(C)C)o1)NC1CCC(SCC)C1. The summed E-state index contributed by atoms with van der Waals surface area (Å²) >= 11 is 2.07. The van der Waals surface area contributed by atoms with E-state index in [-0.39, 0.29) is 5.41 Å². The van der Waals surface area contributed by atoms with E-state index in [1.807, 2.05) is 6.20 Å². The molecule has 1 aromatic heterocycles. The number of nitrogens with one attached hydrogen (secondary N) is 2. The van der Waals surface area contributed by atoms with E-state index in [0.717, 1.165) is 23.5 Å². The zero-order chi connectivity index (χ0) is 17.6. The Morgan fingerprint density at radius 2 is 2.17 bits per heavy atom. The molecule has 0 amide bonds. The number of thioether (sulfide) groups is 1. The summed E-state index contributed by atoms with van der Waals surface area (Å²) in [7, 11) is 0. The second kappa shape index (κ2) is 8.79. The number of hydrogen-bond acceptors (Lipinski definition) is 4. The summed E-state index contributed by atoms with van der Waals surface area (Å²) in [6.07, 6.45) is 5.55. The predicted octanol–water partition coefficient (Wildman–Crippen LogP) is 3.70. The molecule has 6 heteroatoms. The molecule has 1 saturated carbocycles. The van der Waals surface area contributed by atoms with Crippen LogP contribution in [0.5, 0.6) is 0 Å². The summed E-state index contributed by atoms with van der Waals surface area (Å²) in [5.74, 6) is 3.63. The fourth-order valence-electron chi connectivity index (χ4n) is 2.85. The lowest BCUT2D eigenvalue weighted by Crippen LogP contribution is -2.42. The molecule has 1 heterocycles. The van der Waals surface area contributed by atoms with Crippen molar-refractivity contribution in [3.63, 3.8) is 0 Å². The second-order valence-corrected chi connectivity index (χ2v) is 8.87. The van der Waals surface area contributed by atoms with Gasteiger partial charge in [-0.2, -0.15) is 11.8 Å². The monoisotopic (exact) mass is 352 g/mol. The molecule has 2 atom stereocenters. The van der Waals surface area contributed by atoms with Gasteiger partial charge in [0.25, 0.3) is 0 Å². The summed E-state index contributed by atoms with van der Waals surface area (Å²) in [6, 6.07) is 0.515. The summed E-state index contributed by atoms with van der Waals surface area (Å²) in [5, 5.41) is 7.68. The predicted molar refractivity (Wildman–Crippen MR) is 103 cm³/mol. The van der Waals surface area contributed by atoms with Crippen LogP contribution in [0.4, 0.5) is 0 Å². The van der Waals surface area contributed by atoms with Crippen molar-refractivity contribution in [2.45, 2.75) is 77.1 Å². The van der Waals surface area contributed by atoms with Gasteiger partial charge in [-0.25, -0.2) is 9.98 Å². The lowest BCUT2D eigenvalue weighted by Gasteiger charge is -2.17. The molecule has 0 spiro atoms. The Balaban J connectivity index is 1.92. The van der Waals surface area contributed by atoms with Gasteiger partial charge in [-0.1, -0.05) is 27.7 Å². The van der Waals surface area contributed by atoms with E-state index in [2.05, 4.69) is 67.0 Å². The molecule has 136 valence electrons. The first-order valence-electron chi connectivity index (χ1n) is 9.04. The van der Waals surface area contributed by atoms with Gasteiger partial charge in [0.15, 0.2) is 5.96 Å². The van der Waals surface area contributed by atoms with E-state index in [1.165, 1.54) is 25.0 Å². The van der Waals surface area contributed by atoms with E-state index in [4.69, 9.17) is 4.42 Å². The molecule has 0 aromatic carbocycles. The molecule has 0 saturated heterocycles. The highest BCUT2D eigenvalue weighted by molar-refractivity contribution is 7.99. The molecular weight excluding hydrogens is 320 g/mol. The van der Waals surface area contributed by atoms with Crippen LogP contribution in [0.3, 0.4) is 0 Å². The van der Waals surface area contributed by atoms with Gasteiger partial charge in [0, 0.05) is 23.3 Å². The summed E-state index contributed by atoms with van der Waals surface area (Å²) in [4.78, 5) is 9.00. The zero-order valence-electron chi connectivity index (χ0n) is 15.7. The molecule has 5 nitrogen and oxygen atoms in total. The van der Waals surface area contributed by atoms with E-state index in [9.17, 15) is 0 Å². The van der Waals surface area contributed by atoms with Crippen LogP contribution < -0.4 is 10.6 Å². The third-order valence-corrected chi connectivity index (χ3v) is 5.37. The largest absolute Gasteiger partial charge is 0.443 e. The van der Waals surface area contributed by atoms with Gasteiger partial charge >= 0.3 is 0 Å². The Labute approximate surface area is 150 Å². The lowest BCUT2D eigenvalue weighted by molar-refractivity contribution is 0.383. The second-order valence-electron chi connectivity index (χ2n) is 7.30. The van der Waals surface area contributed by atoms with Crippen LogP contribution in [0.15, 0.2) is 15.6 Å². The molecule has 1 aliphatic carbocycles. The molecule has 1 aromatic rings. The minimum absolute atomic E-state index is 0.0203. The topological polar surface area (TPSA) is 62.5 Å². The van der Waals surface area contributed by atoms with Crippen LogP contribution >= 0.6 is 11.8 Å². The Morgan fingerprint density at radius 3 is 2.79 bits per heavy atom. The van der Waals surface area contributed by atoms with Crippen LogP contribution in [0.25, 0.3) is 0 Å². The van der Waals surface area contributed by atoms with Crippen LogP contribution in [0, 0.1) is 0 Å². The van der Waals surface area contributed by atoms with Gasteiger partial charge in [0.2, 0.25) is 5.89 Å². The number of aromatic nitrogens is 1. The highest BCUT2D eigenvalue weighted by Crippen LogP contribution is 2.29. The Bertz CT molecular complexity index is 535. The zero-order valence-corrected chi connectivity index (χ0v) is 16.5. The number of aliphatic imine (C=N–C) groups is 1. The van der Waals surface area contributed by atoms with Crippen molar-refractivity contribution in [3.8, 4) is 0 Å². The quantitative estimate of drug-likeness (QED) is 0.604. The molecule has 2 N–H and O–H groups in total. The Kier molecular flexibility index (Phi) is 7.02. The number of nitrogens with zero attached hydrogens (tertiary/aromatic N) is 2. The fraction of sp³-hybridized carbons (Fsp3) is 0.778. The molecule has 1 fully saturated rings. The first-order valence-corrected chi connectivity index (χ1v) is 10.1. The summed E-state index contributed by atoms with van der Waals surface area (Å²) in [6.45, 7) is 12.0. The van der Waals surface area contributed by atoms with Crippen molar-refractivity contribution in [1.29, 1.82) is 0 Å². The van der Waals surface area contributed by atoms with E-state index in [0.29, 0.717) is 18.5 Å². The number of rotatable bonds is 6. The molecule has 0 aliphatic heterocycles. The maximum Gasteiger partial charge on any atom is 0.216 e. The molecule has 0 bridgehead atoms. The van der Waals surface area contributed by atoms with Crippen LogP contribution in [0.2, 0.25) is 0 Å². The van der Waals surface area contributed by atoms with Crippen molar-refractivity contribution < 1.29 is 4.42 Å². The van der Waals surface area contributed by atoms with Gasteiger partial charge in [0.05, 0.1) is 6.20 Å². The average Bonchev–Trinajstić information content (AvgIpc) is 3.14. The molecule has 24 heavy (non-hydrogen) atoms. The standard InChI is InChI=1S/C18H32N4OS/c1-6-19-17(22-13-8-9-14(10-13)24-7-2)21-12-16-20-11-15(23-16)18(3,4)5/h11,13-14H,6-10,12H2,1-5H3,(H2,19,21,22). The van der Waals surface area contributed by atoms with Crippen molar-refractivity contribution in [2.75, 3.05) is 12.3 Å². The van der Waals surface area contributed by atoms with Gasteiger partial charge in [-0.15, -0.1) is 0 Å². The maximum atomic E-state index is 5.82. The van der Waals surface area contributed by atoms with Crippen molar-refractivity contribution >= 4 is 17.7 Å². The minimum Gasteiger partial charge on any atom is -0.443 e. The van der Waals surface area contributed by atoms with Gasteiger partial charge in [-0.05, 0) is 31.9 Å². The van der Waals surface area contributed by atoms with Gasteiger partial charge < -0.3 is 15.1 Å². The van der Waals surface area contributed by atoms with Crippen LogP contribution in [0.1, 0.15) is 65.5 Å². The van der Waals surface area contributed by atoms with Crippen molar-refractivity contribution in [1.82, 2.24) is 15.6 Å². The molecule has 2 rings (SSSR count). The Hall–Kier alpha value is -1.17. The van der Waals surface area contributed by atoms with E-state index < -0.39 is 0 Å². The van der Waals surface area contributed by atoms with Crippen molar-refractivity contribution in [2.24, 2.45) is 4.99 Å². The van der Waals surface area contributed by atoms with E-state index in [1.54, 1.807) is 0 Å². The highest BCUT2D eigenvalue weighted by Gasteiger charge is 2.25. The number of oxazole rings is 1. The molecule has 1 aliphatic rings. The maximum absolute atomic E-state index is 5.82. The third-order valence-electron chi connectivity index (χ3n) is 4.14. The molecule has 2 unspecified atom stereocenters. The summed E-state index contributed by atoms with van der Waals surface area (Å²) < 4.78 is 5.82. The normalized spacial score (nSPS) is 22.0.